The molecule has 0 saturated heterocycles. The Kier molecular flexibility index (Phi) is 5.74. The normalized spacial score (nSPS) is 11.1. The smallest absolute Gasteiger partial charge is 0.276 e. The Morgan fingerprint density at radius 2 is 1.88 bits per heavy atom. The molecule has 6 nitrogen and oxygen atoms in total. The molecule has 2 aromatic carbocycles. The number of para-hydroxylation sites is 1. The Labute approximate surface area is 142 Å². The minimum Gasteiger partial charge on any atom is -0.321 e. The van der Waals surface area contributed by atoms with Crippen molar-refractivity contribution in [3.63, 3.8) is 0 Å². The van der Waals surface area contributed by atoms with Crippen molar-refractivity contribution < 1.29 is 14.1 Å². The molecule has 1 amide bonds. The first kappa shape index (κ1) is 17.6. The van der Waals surface area contributed by atoms with Crippen LogP contribution >= 0.6 is 0 Å². The number of amides is 1. The number of hydrogen-bond donors (Lipinski definition) is 1. The fraction of sp³-hybridized carbons (Fsp3) is 0. The monoisotopic (exact) mass is 337 g/mol. The van der Waals surface area contributed by atoms with E-state index in [0.29, 0.717) is 11.3 Å². The van der Waals surface area contributed by atoms with Crippen molar-refractivity contribution in [1.29, 1.82) is 5.26 Å². The fourth-order valence-corrected chi connectivity index (χ4v) is 1.94. The summed E-state index contributed by atoms with van der Waals surface area (Å²) in [5.41, 5.74) is 0.413. The van der Waals surface area contributed by atoms with E-state index in [1.807, 2.05) is 0 Å². The first-order valence-electron chi connectivity index (χ1n) is 7.10. The predicted molar refractivity (Wildman–Crippen MR) is 90.9 cm³/mol. The number of benzene rings is 2. The highest BCUT2D eigenvalue weighted by Gasteiger charge is 2.10. The first-order chi connectivity index (χ1) is 12.0. The first-order valence-corrected chi connectivity index (χ1v) is 7.10. The summed E-state index contributed by atoms with van der Waals surface area (Å²) in [4.78, 5) is 22.4. The maximum atomic E-state index is 12.8. The SMILES string of the molecule is N#C/C(=C\C=C\c1ccccc1[N+](=O)[O-])C(=O)Nc1ccc(F)cc1. The summed E-state index contributed by atoms with van der Waals surface area (Å²) < 4.78 is 12.8. The highest BCUT2D eigenvalue weighted by atomic mass is 19.1. The molecule has 0 fully saturated rings. The van der Waals surface area contributed by atoms with Crippen molar-refractivity contribution in [2.45, 2.75) is 0 Å². The minimum absolute atomic E-state index is 0.0820. The van der Waals surface area contributed by atoms with E-state index in [4.69, 9.17) is 5.26 Å². The number of nitriles is 1. The van der Waals surface area contributed by atoms with Gasteiger partial charge in [-0.3, -0.25) is 14.9 Å². The molecule has 0 heterocycles. The van der Waals surface area contributed by atoms with Gasteiger partial charge in [-0.25, -0.2) is 4.39 Å². The Morgan fingerprint density at radius 1 is 1.20 bits per heavy atom. The molecule has 124 valence electrons. The van der Waals surface area contributed by atoms with Crippen LogP contribution in [-0.2, 0) is 4.79 Å². The molecule has 0 aromatic heterocycles. The van der Waals surface area contributed by atoms with Gasteiger partial charge in [-0.05, 0) is 42.5 Å². The van der Waals surface area contributed by atoms with Crippen LogP contribution < -0.4 is 5.32 Å². The lowest BCUT2D eigenvalue weighted by atomic mass is 10.1. The molecule has 7 heteroatoms. The molecular weight excluding hydrogens is 325 g/mol. The molecule has 25 heavy (non-hydrogen) atoms. The van der Waals surface area contributed by atoms with Gasteiger partial charge in [0.25, 0.3) is 11.6 Å². The number of carbonyl (C=O) groups excluding carboxylic acids is 1. The topological polar surface area (TPSA) is 96.0 Å². The Morgan fingerprint density at radius 3 is 2.52 bits per heavy atom. The van der Waals surface area contributed by atoms with Crippen LogP contribution in [0.2, 0.25) is 0 Å². The van der Waals surface area contributed by atoms with Gasteiger partial charge >= 0.3 is 0 Å². The number of nitro benzene ring substituents is 1. The molecule has 0 aliphatic heterocycles. The van der Waals surface area contributed by atoms with Gasteiger partial charge in [0.05, 0.1) is 10.5 Å². The Bertz CT molecular complexity index is 897. The summed E-state index contributed by atoms with van der Waals surface area (Å²) >= 11 is 0. The minimum atomic E-state index is -0.665. The van der Waals surface area contributed by atoms with Crippen LogP contribution in [-0.4, -0.2) is 10.8 Å². The summed E-state index contributed by atoms with van der Waals surface area (Å²) in [7, 11) is 0. The summed E-state index contributed by atoms with van der Waals surface area (Å²) in [5, 5.41) is 22.5. The van der Waals surface area contributed by atoms with E-state index in [9.17, 15) is 19.3 Å². The van der Waals surface area contributed by atoms with E-state index in [-0.39, 0.29) is 11.3 Å². The number of carbonyl (C=O) groups is 1. The van der Waals surface area contributed by atoms with Gasteiger partial charge in [-0.15, -0.1) is 0 Å². The third kappa shape index (κ3) is 4.84. The van der Waals surface area contributed by atoms with Crippen molar-refractivity contribution >= 4 is 23.4 Å². The van der Waals surface area contributed by atoms with Crippen LogP contribution in [0.1, 0.15) is 5.56 Å². The van der Waals surface area contributed by atoms with Crippen molar-refractivity contribution in [3.05, 3.63) is 87.8 Å². The highest BCUT2D eigenvalue weighted by molar-refractivity contribution is 6.06. The maximum Gasteiger partial charge on any atom is 0.276 e. The molecule has 0 saturated carbocycles. The van der Waals surface area contributed by atoms with Crippen molar-refractivity contribution in [2.75, 3.05) is 5.32 Å². The van der Waals surface area contributed by atoms with Gasteiger partial charge in [-0.1, -0.05) is 18.2 Å². The Hall–Kier alpha value is -3.79. The summed E-state index contributed by atoms with van der Waals surface area (Å²) in [5.74, 6) is -1.11. The van der Waals surface area contributed by atoms with Crippen LogP contribution in [0.25, 0.3) is 6.08 Å². The number of nitrogens with zero attached hydrogens (tertiary/aromatic N) is 2. The molecule has 0 radical (unpaired) electrons. The van der Waals surface area contributed by atoms with Crippen LogP contribution in [0.4, 0.5) is 15.8 Å². The average Bonchev–Trinajstić information content (AvgIpc) is 2.61. The third-order valence-electron chi connectivity index (χ3n) is 3.14. The van der Waals surface area contributed by atoms with Crippen LogP contribution in [0.15, 0.2) is 66.3 Å². The van der Waals surface area contributed by atoms with Gasteiger partial charge in [0.2, 0.25) is 0 Å². The number of nitro groups is 1. The van der Waals surface area contributed by atoms with Crippen molar-refractivity contribution in [3.8, 4) is 6.07 Å². The van der Waals surface area contributed by atoms with E-state index in [0.717, 1.165) is 0 Å². The van der Waals surface area contributed by atoms with Crippen LogP contribution in [0, 0.1) is 27.3 Å². The van der Waals surface area contributed by atoms with Crippen molar-refractivity contribution in [2.24, 2.45) is 0 Å². The van der Waals surface area contributed by atoms with Crippen molar-refractivity contribution in [1.82, 2.24) is 0 Å². The molecule has 0 atom stereocenters. The summed E-state index contributed by atoms with van der Waals surface area (Å²) in [6, 6.07) is 12.9. The maximum absolute atomic E-state index is 12.8. The largest absolute Gasteiger partial charge is 0.321 e. The molecule has 1 N–H and O–H groups in total. The average molecular weight is 337 g/mol. The summed E-state index contributed by atoms with van der Waals surface area (Å²) in [6.45, 7) is 0. The molecular formula is C18H12FN3O3. The molecule has 0 aliphatic rings. The lowest BCUT2D eigenvalue weighted by molar-refractivity contribution is -0.385. The second kappa shape index (κ2) is 8.17. The van der Waals surface area contributed by atoms with Crippen LogP contribution in [0.5, 0.6) is 0 Å². The fourth-order valence-electron chi connectivity index (χ4n) is 1.94. The number of nitrogens with one attached hydrogen (secondary N) is 1. The van der Waals surface area contributed by atoms with Gasteiger partial charge in [0.15, 0.2) is 0 Å². The lowest BCUT2D eigenvalue weighted by Crippen LogP contribution is -2.13. The van der Waals surface area contributed by atoms with Gasteiger partial charge in [0, 0.05) is 11.8 Å². The molecule has 2 rings (SSSR count). The molecule has 0 spiro atoms. The summed E-state index contributed by atoms with van der Waals surface area (Å²) in [6.07, 6.45) is 4.06. The van der Waals surface area contributed by atoms with Gasteiger partial charge in [-0.2, -0.15) is 5.26 Å². The molecule has 0 aliphatic carbocycles. The quantitative estimate of drug-likeness (QED) is 0.295. The standard InChI is InChI=1S/C18H12FN3O3/c19-15-8-10-16(11-9-15)21-18(23)14(12-20)6-3-5-13-4-1-2-7-17(13)22(24)25/h1-11H,(H,21,23)/b5-3+,14-6+. The third-order valence-corrected chi connectivity index (χ3v) is 3.14. The highest BCUT2D eigenvalue weighted by Crippen LogP contribution is 2.19. The molecule has 0 unspecified atom stereocenters. The predicted octanol–water partition coefficient (Wildman–Crippen LogP) is 3.84. The van der Waals surface area contributed by atoms with E-state index >= 15 is 0 Å². The number of allylic oxidation sites excluding steroid dienone is 2. The zero-order valence-electron chi connectivity index (χ0n) is 12.8. The number of anilines is 1. The zero-order valence-corrected chi connectivity index (χ0v) is 12.8. The van der Waals surface area contributed by atoms with E-state index in [1.54, 1.807) is 24.3 Å². The van der Waals surface area contributed by atoms with E-state index in [2.05, 4.69) is 5.32 Å². The second-order valence-electron chi connectivity index (χ2n) is 4.83. The second-order valence-corrected chi connectivity index (χ2v) is 4.83. The number of hydrogen-bond acceptors (Lipinski definition) is 4. The van der Waals surface area contributed by atoms with Gasteiger partial charge in [0.1, 0.15) is 17.5 Å². The Balaban J connectivity index is 2.15. The van der Waals surface area contributed by atoms with E-state index < -0.39 is 16.6 Å². The van der Waals surface area contributed by atoms with E-state index in [1.165, 1.54) is 48.6 Å². The van der Waals surface area contributed by atoms with Gasteiger partial charge < -0.3 is 5.32 Å². The zero-order chi connectivity index (χ0) is 18.2. The number of rotatable bonds is 5. The number of halogens is 1. The molecule has 2 aromatic rings. The van der Waals surface area contributed by atoms with Crippen LogP contribution in [0.3, 0.4) is 0 Å². The molecule has 0 bridgehead atoms. The lowest BCUT2D eigenvalue weighted by Gasteiger charge is -2.03.